The van der Waals surface area contributed by atoms with Gasteiger partial charge in [0.05, 0.1) is 43.8 Å². The molecule has 2 aromatic heterocycles. The first-order chi connectivity index (χ1) is 22.0. The summed E-state index contributed by atoms with van der Waals surface area (Å²) in [5.41, 5.74) is -1.21. The van der Waals surface area contributed by atoms with E-state index in [1.165, 1.54) is 46.6 Å². The fourth-order valence-corrected chi connectivity index (χ4v) is 7.09. The Morgan fingerprint density at radius 3 is 2.54 bits per heavy atom. The predicted octanol–water partition coefficient (Wildman–Crippen LogP) is 3.30. The van der Waals surface area contributed by atoms with Crippen LogP contribution in [0.1, 0.15) is 32.1 Å². The van der Waals surface area contributed by atoms with Gasteiger partial charge in [0.2, 0.25) is 21.5 Å². The number of sulfonamides is 1. The number of amides is 1. The van der Waals surface area contributed by atoms with Gasteiger partial charge in [-0.25, -0.2) is 8.42 Å². The predicted molar refractivity (Wildman–Crippen MR) is 172 cm³/mol. The Morgan fingerprint density at radius 2 is 1.83 bits per heavy atom. The smallest absolute Gasteiger partial charge is 0.325 e. The van der Waals surface area contributed by atoms with Crippen LogP contribution < -0.4 is 10.3 Å². The molecule has 0 spiro atoms. The zero-order valence-corrected chi connectivity index (χ0v) is 27.4. The van der Waals surface area contributed by atoms with E-state index in [1.54, 1.807) is 51.1 Å². The number of carbonyl (C=O) groups excluding carboxylic acids is 3. The van der Waals surface area contributed by atoms with Crippen LogP contribution in [-0.4, -0.2) is 74.7 Å². The summed E-state index contributed by atoms with van der Waals surface area (Å²) in [7, 11) is -4.38. The number of allylic oxidation sites excluding steroid dienone is 2. The van der Waals surface area contributed by atoms with Crippen LogP contribution in [0.15, 0.2) is 81.8 Å². The zero-order valence-electron chi connectivity index (χ0n) is 25.8. The molecule has 0 saturated carbocycles. The van der Waals surface area contributed by atoms with Crippen LogP contribution in [0.3, 0.4) is 0 Å². The molecule has 2 heterocycles. The second-order valence-corrected chi connectivity index (χ2v) is 13.4. The quantitative estimate of drug-likeness (QED) is 0.231. The van der Waals surface area contributed by atoms with Crippen LogP contribution in [0.25, 0.3) is 10.9 Å². The van der Waals surface area contributed by atoms with Crippen molar-refractivity contribution in [3.05, 3.63) is 87.4 Å². The molecule has 1 aliphatic rings. The van der Waals surface area contributed by atoms with Crippen LogP contribution >= 0.6 is 11.3 Å². The normalized spacial score (nSPS) is 18.3. The van der Waals surface area contributed by atoms with Crippen molar-refractivity contribution in [2.75, 3.05) is 26.4 Å². The van der Waals surface area contributed by atoms with Crippen molar-refractivity contribution >= 4 is 50.1 Å². The highest BCUT2D eigenvalue weighted by molar-refractivity contribution is 7.89. The first kappa shape index (κ1) is 34.8. The number of fused-ring (bicyclic) bond motifs is 1. The summed E-state index contributed by atoms with van der Waals surface area (Å²) in [4.78, 5) is 55.5. The van der Waals surface area contributed by atoms with Crippen molar-refractivity contribution in [1.82, 2.24) is 14.6 Å². The minimum Gasteiger partial charge on any atom is -0.466 e. The number of ether oxygens (including phenoxy) is 3. The Morgan fingerprint density at radius 1 is 1.07 bits per heavy atom. The molecule has 1 aliphatic carbocycles. The average Bonchev–Trinajstić information content (AvgIpc) is 3.53. The van der Waals surface area contributed by atoms with Gasteiger partial charge in [0.25, 0.3) is 0 Å². The maximum Gasteiger partial charge on any atom is 0.325 e. The lowest BCUT2D eigenvalue weighted by Gasteiger charge is -2.42. The number of aromatic amines is 1. The highest BCUT2D eigenvalue weighted by Gasteiger charge is 2.48. The summed E-state index contributed by atoms with van der Waals surface area (Å²) in [6.07, 6.45) is 5.85. The molecule has 1 amide bonds. The standard InChI is InChI=1S/C32H37N3O9S2/c1-4-42-28(37)15-17-44-26-10-6-7-16-32(26,3)30(31(39)35(21-29(38)43-5-2)20-23-9-8-18-45-23)34-46(40,41)24-12-13-25-22(19-24)11-14-27(36)33-25/h6-14,16,18-19,26,30,34H,4-5,15,17,20-21H2,1-3H3,(H,33,36)/t26?,30-,32?/m0/s1. The second-order valence-electron chi connectivity index (χ2n) is 10.7. The largest absolute Gasteiger partial charge is 0.466 e. The van der Waals surface area contributed by atoms with Gasteiger partial charge in [0.15, 0.2) is 0 Å². The van der Waals surface area contributed by atoms with E-state index < -0.39 is 52.0 Å². The van der Waals surface area contributed by atoms with Gasteiger partial charge in [-0.2, -0.15) is 4.72 Å². The minimum atomic E-state index is -4.38. The number of thiophene rings is 1. The number of nitrogens with one attached hydrogen (secondary N) is 2. The zero-order chi connectivity index (χ0) is 33.3. The molecular weight excluding hydrogens is 634 g/mol. The molecule has 1 aromatic carbocycles. The molecular formula is C32H37N3O9S2. The molecule has 3 aromatic rings. The molecule has 2 N–H and O–H groups in total. The highest BCUT2D eigenvalue weighted by atomic mass is 32.2. The molecule has 4 rings (SSSR count). The van der Waals surface area contributed by atoms with Crippen molar-refractivity contribution in [1.29, 1.82) is 0 Å². The van der Waals surface area contributed by atoms with E-state index in [2.05, 4.69) is 9.71 Å². The average molecular weight is 672 g/mol. The van der Waals surface area contributed by atoms with Crippen molar-refractivity contribution < 1.29 is 37.0 Å². The van der Waals surface area contributed by atoms with Gasteiger partial charge in [0.1, 0.15) is 12.6 Å². The third kappa shape index (κ3) is 8.57. The maximum absolute atomic E-state index is 14.6. The number of pyridine rings is 1. The van der Waals surface area contributed by atoms with Crippen molar-refractivity contribution in [3.8, 4) is 0 Å². The second kappa shape index (κ2) is 15.5. The molecule has 0 aliphatic heterocycles. The van der Waals surface area contributed by atoms with Crippen LogP contribution in [0, 0.1) is 5.41 Å². The number of benzene rings is 1. The van der Waals surface area contributed by atoms with E-state index in [1.807, 2.05) is 11.4 Å². The van der Waals surface area contributed by atoms with E-state index >= 15 is 0 Å². The third-order valence-electron chi connectivity index (χ3n) is 7.39. The topological polar surface area (TPSA) is 161 Å². The maximum atomic E-state index is 14.6. The molecule has 246 valence electrons. The summed E-state index contributed by atoms with van der Waals surface area (Å²) < 4.78 is 46.8. The number of hydrogen-bond donors (Lipinski definition) is 2. The van der Waals surface area contributed by atoms with Gasteiger partial charge in [0, 0.05) is 21.9 Å². The van der Waals surface area contributed by atoms with Gasteiger partial charge in [-0.15, -0.1) is 11.3 Å². The summed E-state index contributed by atoms with van der Waals surface area (Å²) in [6, 6.07) is 9.12. The van der Waals surface area contributed by atoms with E-state index in [-0.39, 0.29) is 43.2 Å². The lowest BCUT2D eigenvalue weighted by atomic mass is 9.74. The van der Waals surface area contributed by atoms with Crippen molar-refractivity contribution in [2.24, 2.45) is 5.41 Å². The van der Waals surface area contributed by atoms with Crippen molar-refractivity contribution in [3.63, 3.8) is 0 Å². The SMILES string of the molecule is CCOC(=O)CCOC1C=CC=CC1(C)[C@@H](NS(=O)(=O)c1ccc2[nH]c(=O)ccc2c1)C(=O)N(CC(=O)OCC)Cc1cccs1. The Kier molecular flexibility index (Phi) is 11.7. The Labute approximate surface area is 271 Å². The van der Waals surface area contributed by atoms with Crippen LogP contribution in [0.4, 0.5) is 0 Å². The summed E-state index contributed by atoms with van der Waals surface area (Å²) in [5, 5.41) is 2.30. The highest BCUT2D eigenvalue weighted by Crippen LogP contribution is 2.36. The van der Waals surface area contributed by atoms with Gasteiger partial charge >= 0.3 is 11.9 Å². The molecule has 2 unspecified atom stereocenters. The van der Waals surface area contributed by atoms with Gasteiger partial charge in [-0.3, -0.25) is 19.2 Å². The number of H-pyrrole nitrogens is 1. The molecule has 12 nitrogen and oxygen atoms in total. The van der Waals surface area contributed by atoms with E-state index in [4.69, 9.17) is 14.2 Å². The number of carbonyl (C=O) groups is 3. The molecule has 3 atom stereocenters. The van der Waals surface area contributed by atoms with Gasteiger partial charge in [-0.05, 0) is 54.9 Å². The molecule has 0 radical (unpaired) electrons. The van der Waals surface area contributed by atoms with Crippen LogP contribution in [0.5, 0.6) is 0 Å². The molecule has 0 bridgehead atoms. The molecule has 0 saturated heterocycles. The summed E-state index contributed by atoms with van der Waals surface area (Å²) >= 11 is 1.38. The lowest BCUT2D eigenvalue weighted by Crippen LogP contribution is -2.60. The summed E-state index contributed by atoms with van der Waals surface area (Å²) in [6.45, 7) is 4.90. The monoisotopic (exact) mass is 671 g/mol. The molecule has 14 heteroatoms. The lowest BCUT2D eigenvalue weighted by molar-refractivity contribution is -0.151. The Bertz CT molecular complexity index is 1770. The number of hydrogen-bond acceptors (Lipinski definition) is 10. The molecule has 0 fully saturated rings. The number of rotatable bonds is 15. The van der Waals surface area contributed by atoms with Crippen LogP contribution in [0.2, 0.25) is 0 Å². The van der Waals surface area contributed by atoms with Gasteiger partial charge < -0.3 is 24.1 Å². The van der Waals surface area contributed by atoms with Crippen molar-refractivity contribution in [2.45, 2.75) is 50.8 Å². The first-order valence-electron chi connectivity index (χ1n) is 14.7. The van der Waals surface area contributed by atoms with Crippen LogP contribution in [-0.2, 0) is 45.2 Å². The van der Waals surface area contributed by atoms with Gasteiger partial charge in [-0.1, -0.05) is 37.3 Å². The first-order valence-corrected chi connectivity index (χ1v) is 17.1. The fourth-order valence-electron chi connectivity index (χ4n) is 5.04. The fraction of sp³-hybridized carbons (Fsp3) is 0.375. The number of nitrogens with zero attached hydrogens (tertiary/aromatic N) is 1. The Hall–Kier alpha value is -4.11. The minimum absolute atomic E-state index is 0.0287. The van der Waals surface area contributed by atoms with E-state index in [9.17, 15) is 27.6 Å². The van der Waals surface area contributed by atoms with E-state index in [0.29, 0.717) is 10.9 Å². The number of esters is 2. The Balaban J connectivity index is 1.75. The van der Waals surface area contributed by atoms with E-state index in [0.717, 1.165) is 4.88 Å². The third-order valence-corrected chi connectivity index (χ3v) is 9.67. The summed E-state index contributed by atoms with van der Waals surface area (Å²) in [5.74, 6) is -1.79. The molecule has 46 heavy (non-hydrogen) atoms. The number of aromatic nitrogens is 1.